The van der Waals surface area contributed by atoms with Crippen molar-refractivity contribution in [2.24, 2.45) is 0 Å². The van der Waals surface area contributed by atoms with Gasteiger partial charge < -0.3 is 28.5 Å². The highest BCUT2D eigenvalue weighted by molar-refractivity contribution is 5.71. The molecule has 2 unspecified atom stereocenters. The van der Waals surface area contributed by atoms with Gasteiger partial charge in [-0.3, -0.25) is 9.59 Å². The molecule has 9 nitrogen and oxygen atoms in total. The van der Waals surface area contributed by atoms with Gasteiger partial charge in [-0.05, 0) is 38.5 Å². The second kappa shape index (κ2) is 71.9. The predicted molar refractivity (Wildman–Crippen MR) is 383 cm³/mol. The van der Waals surface area contributed by atoms with Crippen LogP contribution in [0.15, 0.2) is 12.2 Å². The fraction of sp³-hybridized carbons (Fsp3) is 0.938. The Morgan fingerprint density at radius 2 is 0.573 bits per heavy atom. The minimum absolute atomic E-state index is 0.173. The highest BCUT2D eigenvalue weighted by Crippen LogP contribution is 2.20. The fourth-order valence-electron chi connectivity index (χ4n) is 12.4. The molecule has 528 valence electrons. The third-order valence-electron chi connectivity index (χ3n) is 18.5. The summed E-state index contributed by atoms with van der Waals surface area (Å²) in [6.07, 6.45) is 86.6. The van der Waals surface area contributed by atoms with Crippen molar-refractivity contribution in [3.8, 4) is 0 Å². The average Bonchev–Trinajstić information content (AvgIpc) is 3.64. The van der Waals surface area contributed by atoms with Crippen molar-refractivity contribution in [1.82, 2.24) is 0 Å². The normalized spacial score (nSPS) is 12.6. The van der Waals surface area contributed by atoms with E-state index in [9.17, 15) is 19.5 Å². The molecule has 0 radical (unpaired) electrons. The molecular formula is C80H156NO8+. The summed E-state index contributed by atoms with van der Waals surface area (Å²) >= 11 is 0. The van der Waals surface area contributed by atoms with Crippen LogP contribution in [0, 0.1) is 0 Å². The van der Waals surface area contributed by atoms with Crippen molar-refractivity contribution in [1.29, 1.82) is 0 Å². The molecule has 0 bridgehead atoms. The van der Waals surface area contributed by atoms with E-state index in [1.54, 1.807) is 0 Å². The second-order valence-corrected chi connectivity index (χ2v) is 28.7. The number of carboxylic acid groups (broad SMARTS) is 1. The van der Waals surface area contributed by atoms with Crippen LogP contribution < -0.4 is 0 Å². The van der Waals surface area contributed by atoms with Crippen LogP contribution in [0.2, 0.25) is 0 Å². The van der Waals surface area contributed by atoms with E-state index in [1.165, 1.54) is 360 Å². The third-order valence-corrected chi connectivity index (χ3v) is 18.5. The monoisotopic (exact) mass is 1260 g/mol. The van der Waals surface area contributed by atoms with Gasteiger partial charge in [0.1, 0.15) is 13.2 Å². The van der Waals surface area contributed by atoms with Crippen LogP contribution >= 0.6 is 0 Å². The molecule has 0 aliphatic carbocycles. The summed E-state index contributed by atoms with van der Waals surface area (Å²) < 4.78 is 23.1. The van der Waals surface area contributed by atoms with E-state index in [1.807, 2.05) is 21.1 Å². The average molecular weight is 1260 g/mol. The lowest BCUT2D eigenvalue weighted by Crippen LogP contribution is -2.40. The number of likely N-dealkylation sites (N-methyl/N-ethyl adjacent to an activating group) is 1. The molecule has 0 rings (SSSR count). The first-order chi connectivity index (χ1) is 43.6. The maximum atomic E-state index is 13.0. The quantitative estimate of drug-likeness (QED) is 0.0211. The van der Waals surface area contributed by atoms with Crippen LogP contribution in [0.3, 0.4) is 0 Å². The minimum Gasteiger partial charge on any atom is -0.477 e. The molecule has 0 fully saturated rings. The molecule has 0 aromatic carbocycles. The molecule has 9 heteroatoms. The molecule has 1 N–H and O–H groups in total. The zero-order valence-electron chi connectivity index (χ0n) is 60.6. The number of ether oxygens (including phenoxy) is 4. The topological polar surface area (TPSA) is 108 Å². The maximum Gasteiger partial charge on any atom is 0.361 e. The van der Waals surface area contributed by atoms with Crippen LogP contribution in [-0.4, -0.2) is 87.4 Å². The van der Waals surface area contributed by atoms with Gasteiger partial charge in [-0.2, -0.15) is 0 Å². The summed E-state index contributed by atoms with van der Waals surface area (Å²) in [4.78, 5) is 37.7. The van der Waals surface area contributed by atoms with Crippen molar-refractivity contribution in [3.05, 3.63) is 12.2 Å². The molecule has 89 heavy (non-hydrogen) atoms. The molecule has 0 saturated heterocycles. The Kier molecular flexibility index (Phi) is 70.3. The van der Waals surface area contributed by atoms with Gasteiger partial charge in [0.2, 0.25) is 0 Å². The Balaban J connectivity index is 3.96. The first-order valence-electron chi connectivity index (χ1n) is 39.9. The summed E-state index contributed by atoms with van der Waals surface area (Å²) in [5.41, 5.74) is 0. The largest absolute Gasteiger partial charge is 0.477 e. The molecule has 0 aromatic rings. The molecular weight excluding hydrogens is 1100 g/mol. The standard InChI is InChI=1S/C80H155NO8/c1-6-8-10-12-14-16-18-20-22-24-26-28-30-32-34-36-37-38-39-40-41-43-45-47-49-51-53-55-57-59-61-63-65-67-69-71-78(83)89-76(75-88-80(79(84)85)86-73-72-81(3,4)5)74-87-77(82)70-68-66-64-62-60-58-56-54-52-50-48-46-44-42-35-33-31-29-27-25-23-21-19-17-15-13-11-9-7-2/h24,26,76,80H,6-23,25,27-75H2,1-5H3/p+1/b26-24-. The Morgan fingerprint density at radius 1 is 0.326 bits per heavy atom. The third kappa shape index (κ3) is 73.3. The summed E-state index contributed by atoms with van der Waals surface area (Å²) in [6.45, 7) is 4.98. The first-order valence-corrected chi connectivity index (χ1v) is 39.9. The van der Waals surface area contributed by atoms with Crippen LogP contribution in [0.4, 0.5) is 0 Å². The second-order valence-electron chi connectivity index (χ2n) is 28.7. The number of nitrogens with zero attached hydrogens (tertiary/aromatic N) is 1. The van der Waals surface area contributed by atoms with Crippen molar-refractivity contribution < 1.29 is 42.9 Å². The Morgan fingerprint density at radius 3 is 0.831 bits per heavy atom. The Bertz CT molecular complexity index is 1460. The van der Waals surface area contributed by atoms with Gasteiger partial charge in [0.05, 0.1) is 34.4 Å². The number of unbranched alkanes of at least 4 members (excludes halogenated alkanes) is 59. The van der Waals surface area contributed by atoms with Crippen LogP contribution in [-0.2, 0) is 33.3 Å². The zero-order valence-corrected chi connectivity index (χ0v) is 60.6. The lowest BCUT2D eigenvalue weighted by Gasteiger charge is -2.25. The number of carbonyl (C=O) groups excluding carboxylic acids is 2. The van der Waals surface area contributed by atoms with Crippen LogP contribution in [0.25, 0.3) is 0 Å². The number of allylic oxidation sites excluding steroid dienone is 2. The fourth-order valence-corrected chi connectivity index (χ4v) is 12.4. The number of carbonyl (C=O) groups is 3. The lowest BCUT2D eigenvalue weighted by molar-refractivity contribution is -0.870. The van der Waals surface area contributed by atoms with Gasteiger partial charge in [-0.15, -0.1) is 0 Å². The number of hydrogen-bond acceptors (Lipinski definition) is 7. The summed E-state index contributed by atoms with van der Waals surface area (Å²) in [6, 6.07) is 0. The molecule has 0 amide bonds. The molecule has 0 heterocycles. The first kappa shape index (κ1) is 87.0. The van der Waals surface area contributed by atoms with E-state index >= 15 is 0 Å². The number of rotatable bonds is 76. The summed E-state index contributed by atoms with van der Waals surface area (Å²) in [5, 5.41) is 9.77. The summed E-state index contributed by atoms with van der Waals surface area (Å²) in [7, 11) is 6.00. The van der Waals surface area contributed by atoms with E-state index < -0.39 is 18.4 Å². The van der Waals surface area contributed by atoms with Crippen LogP contribution in [0.5, 0.6) is 0 Å². The van der Waals surface area contributed by atoms with Crippen LogP contribution in [0.1, 0.15) is 425 Å². The van der Waals surface area contributed by atoms with Gasteiger partial charge in [0.25, 0.3) is 6.29 Å². The number of hydrogen-bond donors (Lipinski definition) is 1. The maximum absolute atomic E-state index is 13.0. The van der Waals surface area contributed by atoms with Crippen molar-refractivity contribution >= 4 is 17.9 Å². The van der Waals surface area contributed by atoms with E-state index in [4.69, 9.17) is 18.9 Å². The van der Waals surface area contributed by atoms with Crippen molar-refractivity contribution in [2.45, 2.75) is 437 Å². The van der Waals surface area contributed by atoms with E-state index in [0.717, 1.165) is 38.5 Å². The predicted octanol–water partition coefficient (Wildman–Crippen LogP) is 25.2. The van der Waals surface area contributed by atoms with E-state index in [0.29, 0.717) is 17.4 Å². The van der Waals surface area contributed by atoms with Crippen molar-refractivity contribution in [3.63, 3.8) is 0 Å². The number of carboxylic acids is 1. The highest BCUT2D eigenvalue weighted by atomic mass is 16.7. The van der Waals surface area contributed by atoms with Crippen molar-refractivity contribution in [2.75, 3.05) is 47.5 Å². The Labute approximate surface area is 555 Å². The van der Waals surface area contributed by atoms with Gasteiger partial charge in [-0.1, -0.05) is 386 Å². The molecule has 0 spiro atoms. The minimum atomic E-state index is -1.51. The van der Waals surface area contributed by atoms with E-state index in [-0.39, 0.29) is 38.2 Å². The van der Waals surface area contributed by atoms with Gasteiger partial charge >= 0.3 is 17.9 Å². The highest BCUT2D eigenvalue weighted by Gasteiger charge is 2.25. The number of esters is 2. The SMILES string of the molecule is CCCCCCCCCC/C=C\CCCCCCCCCCCCCCCCCCCCCCCCCC(=O)OC(COC(=O)CCCCCCCCCCCCCCCCCCCCCCCCCCCCCCC)COC(OCC[N+](C)(C)C)C(=O)O. The van der Waals surface area contributed by atoms with E-state index in [2.05, 4.69) is 26.0 Å². The van der Waals surface area contributed by atoms with Gasteiger partial charge in [0, 0.05) is 12.8 Å². The Hall–Kier alpha value is -1.97. The molecule has 2 atom stereocenters. The number of aliphatic carboxylic acids is 1. The zero-order chi connectivity index (χ0) is 64.7. The van der Waals surface area contributed by atoms with Gasteiger partial charge in [0.15, 0.2) is 6.10 Å². The molecule has 0 saturated carbocycles. The smallest absolute Gasteiger partial charge is 0.361 e. The molecule has 0 aromatic heterocycles. The molecule has 0 aliphatic heterocycles. The summed E-state index contributed by atoms with van der Waals surface area (Å²) in [5.74, 6) is -1.96. The number of quaternary nitrogens is 1. The molecule has 0 aliphatic rings. The lowest BCUT2D eigenvalue weighted by atomic mass is 10.0. The van der Waals surface area contributed by atoms with Gasteiger partial charge in [-0.25, -0.2) is 4.79 Å².